The van der Waals surface area contributed by atoms with Gasteiger partial charge in [0.15, 0.2) is 11.5 Å². The molecule has 1 saturated heterocycles. The molecular formula is C27H28N2O5S. The van der Waals surface area contributed by atoms with Gasteiger partial charge >= 0.3 is 0 Å². The fourth-order valence-corrected chi connectivity index (χ4v) is 5.63. The lowest BCUT2D eigenvalue weighted by Gasteiger charge is -2.32. The van der Waals surface area contributed by atoms with E-state index < -0.39 is 10.0 Å². The SMILES string of the molecule is O=C(c1ccc(NS(=O)(=O)c2ccc3c(c2)OCCO3)cc1)N1CCC(Cc2ccccc2)CC1. The number of piperidine rings is 1. The van der Waals surface area contributed by atoms with E-state index in [-0.39, 0.29) is 10.8 Å². The Morgan fingerprint density at radius 3 is 2.29 bits per heavy atom. The van der Waals surface area contributed by atoms with E-state index in [0.717, 1.165) is 32.4 Å². The van der Waals surface area contributed by atoms with E-state index >= 15 is 0 Å². The van der Waals surface area contributed by atoms with Crippen molar-refractivity contribution in [3.63, 3.8) is 0 Å². The number of hydrogen-bond acceptors (Lipinski definition) is 5. The number of anilines is 1. The molecule has 35 heavy (non-hydrogen) atoms. The molecule has 2 aliphatic heterocycles. The number of fused-ring (bicyclic) bond motifs is 1. The van der Waals surface area contributed by atoms with Crippen LogP contribution in [0.15, 0.2) is 77.7 Å². The first kappa shape index (κ1) is 23.2. The highest BCUT2D eigenvalue weighted by Gasteiger charge is 2.24. The topological polar surface area (TPSA) is 84.9 Å². The highest BCUT2D eigenvalue weighted by atomic mass is 32.2. The molecule has 0 saturated carbocycles. The summed E-state index contributed by atoms with van der Waals surface area (Å²) < 4.78 is 39.2. The van der Waals surface area contributed by atoms with Crippen molar-refractivity contribution < 1.29 is 22.7 Å². The Hall–Kier alpha value is -3.52. The van der Waals surface area contributed by atoms with Gasteiger partial charge in [0.1, 0.15) is 13.2 Å². The molecule has 1 amide bonds. The maximum absolute atomic E-state index is 13.0. The molecule has 182 valence electrons. The van der Waals surface area contributed by atoms with Gasteiger partial charge in [-0.1, -0.05) is 30.3 Å². The smallest absolute Gasteiger partial charge is 0.262 e. The van der Waals surface area contributed by atoms with Crippen LogP contribution in [0, 0.1) is 5.92 Å². The number of rotatable bonds is 6. The van der Waals surface area contributed by atoms with Crippen molar-refractivity contribution >= 4 is 21.6 Å². The van der Waals surface area contributed by atoms with Crippen LogP contribution in [0.2, 0.25) is 0 Å². The summed E-state index contributed by atoms with van der Waals surface area (Å²) in [6, 6.07) is 21.6. The molecule has 0 radical (unpaired) electrons. The first-order chi connectivity index (χ1) is 17.0. The maximum Gasteiger partial charge on any atom is 0.262 e. The standard InChI is InChI=1S/C27H28N2O5S/c30-27(29-14-12-21(13-15-29)18-20-4-2-1-3-5-20)22-6-8-23(9-7-22)28-35(31,32)24-10-11-25-26(19-24)34-17-16-33-25/h1-11,19,21,28H,12-18H2. The Kier molecular flexibility index (Phi) is 6.63. The van der Waals surface area contributed by atoms with E-state index in [0.29, 0.717) is 41.9 Å². The summed E-state index contributed by atoms with van der Waals surface area (Å²) in [7, 11) is -3.81. The molecular weight excluding hydrogens is 464 g/mol. The number of nitrogens with one attached hydrogen (secondary N) is 1. The number of carbonyl (C=O) groups excluding carboxylic acids is 1. The molecule has 1 N–H and O–H groups in total. The molecule has 0 unspecified atom stereocenters. The van der Waals surface area contributed by atoms with Gasteiger partial charge in [-0.3, -0.25) is 9.52 Å². The summed E-state index contributed by atoms with van der Waals surface area (Å²) in [5.74, 6) is 1.50. The predicted octanol–water partition coefficient (Wildman–Crippen LogP) is 4.35. The van der Waals surface area contributed by atoms with Crippen LogP contribution in [0.3, 0.4) is 0 Å². The Bertz CT molecular complexity index is 1280. The zero-order valence-electron chi connectivity index (χ0n) is 19.4. The molecule has 1 fully saturated rings. The average molecular weight is 493 g/mol. The minimum atomic E-state index is -3.81. The van der Waals surface area contributed by atoms with Gasteiger partial charge in [-0.25, -0.2) is 8.42 Å². The second-order valence-electron chi connectivity index (χ2n) is 8.91. The number of likely N-dealkylation sites (tertiary alicyclic amines) is 1. The van der Waals surface area contributed by atoms with Gasteiger partial charge in [0, 0.05) is 30.4 Å². The maximum atomic E-state index is 13.0. The molecule has 2 heterocycles. The minimum Gasteiger partial charge on any atom is -0.486 e. The molecule has 7 nitrogen and oxygen atoms in total. The molecule has 0 aromatic heterocycles. The third-order valence-corrected chi connectivity index (χ3v) is 7.86. The summed E-state index contributed by atoms with van der Waals surface area (Å²) in [5.41, 5.74) is 2.28. The van der Waals surface area contributed by atoms with E-state index in [9.17, 15) is 13.2 Å². The van der Waals surface area contributed by atoms with Crippen molar-refractivity contribution in [1.82, 2.24) is 4.90 Å². The van der Waals surface area contributed by atoms with E-state index in [4.69, 9.17) is 9.47 Å². The molecule has 0 spiro atoms. The number of amides is 1. The van der Waals surface area contributed by atoms with Crippen molar-refractivity contribution in [2.45, 2.75) is 24.2 Å². The monoisotopic (exact) mass is 492 g/mol. The van der Waals surface area contributed by atoms with Crippen molar-refractivity contribution in [1.29, 1.82) is 0 Å². The Balaban J connectivity index is 1.18. The number of benzene rings is 3. The van der Waals surface area contributed by atoms with Crippen LogP contribution in [0.1, 0.15) is 28.8 Å². The molecule has 0 bridgehead atoms. The van der Waals surface area contributed by atoms with Gasteiger partial charge in [0.2, 0.25) is 0 Å². The number of hydrogen-bond donors (Lipinski definition) is 1. The van der Waals surface area contributed by atoms with Crippen molar-refractivity contribution in [3.8, 4) is 11.5 Å². The first-order valence-electron chi connectivity index (χ1n) is 11.8. The summed E-state index contributed by atoms with van der Waals surface area (Å²) in [4.78, 5) is 14.9. The third-order valence-electron chi connectivity index (χ3n) is 6.48. The fraction of sp³-hybridized carbons (Fsp3) is 0.296. The van der Waals surface area contributed by atoms with Gasteiger partial charge in [0.25, 0.3) is 15.9 Å². The zero-order valence-corrected chi connectivity index (χ0v) is 20.2. The van der Waals surface area contributed by atoms with Gasteiger partial charge in [-0.05, 0) is 67.1 Å². The predicted molar refractivity (Wildman–Crippen MR) is 133 cm³/mol. The Morgan fingerprint density at radius 1 is 0.886 bits per heavy atom. The zero-order chi connectivity index (χ0) is 24.3. The third kappa shape index (κ3) is 5.43. The van der Waals surface area contributed by atoms with Gasteiger partial charge in [0.05, 0.1) is 4.90 Å². The highest BCUT2D eigenvalue weighted by Crippen LogP contribution is 2.33. The average Bonchev–Trinajstić information content (AvgIpc) is 2.89. The number of nitrogens with zero attached hydrogens (tertiary/aromatic N) is 1. The molecule has 0 aliphatic carbocycles. The van der Waals surface area contributed by atoms with Crippen LogP contribution in [0.25, 0.3) is 0 Å². The van der Waals surface area contributed by atoms with Gasteiger partial charge < -0.3 is 14.4 Å². The lowest BCUT2D eigenvalue weighted by Crippen LogP contribution is -2.38. The number of sulfonamides is 1. The summed E-state index contributed by atoms with van der Waals surface area (Å²) in [6.07, 6.45) is 3.00. The van der Waals surface area contributed by atoms with Crippen molar-refractivity contribution in [2.75, 3.05) is 31.0 Å². The summed E-state index contributed by atoms with van der Waals surface area (Å²) in [5, 5.41) is 0. The van der Waals surface area contributed by atoms with E-state index in [2.05, 4.69) is 29.0 Å². The Labute approximate surface area is 205 Å². The Morgan fingerprint density at radius 2 is 1.57 bits per heavy atom. The summed E-state index contributed by atoms with van der Waals surface area (Å²) in [6.45, 7) is 2.28. The van der Waals surface area contributed by atoms with Gasteiger partial charge in [-0.2, -0.15) is 0 Å². The second-order valence-corrected chi connectivity index (χ2v) is 10.6. The van der Waals surface area contributed by atoms with Crippen molar-refractivity contribution in [2.24, 2.45) is 5.92 Å². The number of carbonyl (C=O) groups is 1. The lowest BCUT2D eigenvalue weighted by atomic mass is 9.90. The van der Waals surface area contributed by atoms with Crippen LogP contribution in [-0.4, -0.2) is 45.5 Å². The highest BCUT2D eigenvalue weighted by molar-refractivity contribution is 7.92. The first-order valence-corrected chi connectivity index (χ1v) is 13.3. The fourth-order valence-electron chi connectivity index (χ4n) is 4.56. The molecule has 0 atom stereocenters. The van der Waals surface area contributed by atoms with Crippen LogP contribution in [0.4, 0.5) is 5.69 Å². The molecule has 2 aliphatic rings. The second kappa shape index (κ2) is 10.00. The van der Waals surface area contributed by atoms with Crippen molar-refractivity contribution in [3.05, 3.63) is 83.9 Å². The molecule has 8 heteroatoms. The molecule has 3 aromatic rings. The quantitative estimate of drug-likeness (QED) is 0.553. The largest absolute Gasteiger partial charge is 0.486 e. The molecule has 3 aromatic carbocycles. The van der Waals surface area contributed by atoms with E-state index in [1.165, 1.54) is 17.7 Å². The summed E-state index contributed by atoms with van der Waals surface area (Å²) >= 11 is 0. The number of ether oxygens (including phenoxy) is 2. The van der Waals surface area contributed by atoms with Crippen LogP contribution in [-0.2, 0) is 16.4 Å². The van der Waals surface area contributed by atoms with E-state index in [1.54, 1.807) is 30.3 Å². The van der Waals surface area contributed by atoms with Crippen LogP contribution in [0.5, 0.6) is 11.5 Å². The van der Waals surface area contributed by atoms with Crippen LogP contribution < -0.4 is 14.2 Å². The van der Waals surface area contributed by atoms with Gasteiger partial charge in [-0.15, -0.1) is 0 Å². The minimum absolute atomic E-state index is 0.0237. The molecule has 5 rings (SSSR count). The normalized spacial score (nSPS) is 16.1. The van der Waals surface area contributed by atoms with Crippen LogP contribution >= 0.6 is 0 Å². The van der Waals surface area contributed by atoms with E-state index in [1.807, 2.05) is 11.0 Å². The lowest BCUT2D eigenvalue weighted by molar-refractivity contribution is 0.0690.